The molecule has 1 unspecified atom stereocenters. The Balaban J connectivity index is 2.37. The summed E-state index contributed by atoms with van der Waals surface area (Å²) in [6, 6.07) is 9.83. The summed E-state index contributed by atoms with van der Waals surface area (Å²) in [6.07, 6.45) is -4.36. The van der Waals surface area contributed by atoms with Crippen LogP contribution in [0.3, 0.4) is 0 Å². The minimum absolute atomic E-state index is 0.472. The first-order valence-electron chi connectivity index (χ1n) is 6.22. The van der Waals surface area contributed by atoms with Crippen molar-refractivity contribution in [3.63, 3.8) is 0 Å². The SMILES string of the molecule is Cc1ccc(C(NN)c2ccc(C(F)(F)F)cc2)c(Cl)c1. The maximum absolute atomic E-state index is 12.6. The van der Waals surface area contributed by atoms with E-state index in [9.17, 15) is 13.2 Å². The van der Waals surface area contributed by atoms with Crippen LogP contribution in [0.1, 0.15) is 28.3 Å². The van der Waals surface area contributed by atoms with E-state index >= 15 is 0 Å². The molecule has 1 atom stereocenters. The maximum Gasteiger partial charge on any atom is 0.416 e. The lowest BCUT2D eigenvalue weighted by Gasteiger charge is -2.19. The molecule has 0 saturated carbocycles. The summed E-state index contributed by atoms with van der Waals surface area (Å²) >= 11 is 6.18. The Hall–Kier alpha value is -1.56. The van der Waals surface area contributed by atoms with Crippen LogP contribution < -0.4 is 11.3 Å². The number of rotatable bonds is 3. The first kappa shape index (κ1) is 15.8. The molecule has 0 bridgehead atoms. The van der Waals surface area contributed by atoms with Crippen LogP contribution >= 0.6 is 11.6 Å². The topological polar surface area (TPSA) is 38.0 Å². The van der Waals surface area contributed by atoms with Crippen LogP contribution in [-0.2, 0) is 6.18 Å². The number of nitrogens with two attached hydrogens (primary N) is 1. The van der Waals surface area contributed by atoms with E-state index in [1.54, 1.807) is 12.1 Å². The summed E-state index contributed by atoms with van der Waals surface area (Å²) in [5.74, 6) is 5.54. The first-order chi connectivity index (χ1) is 9.82. The second kappa shape index (κ2) is 6.05. The minimum atomic E-state index is -4.36. The largest absolute Gasteiger partial charge is 0.416 e. The molecule has 2 nitrogen and oxygen atoms in total. The van der Waals surface area contributed by atoms with E-state index in [4.69, 9.17) is 17.4 Å². The van der Waals surface area contributed by atoms with Crippen molar-refractivity contribution in [2.45, 2.75) is 19.1 Å². The van der Waals surface area contributed by atoms with Gasteiger partial charge in [-0.3, -0.25) is 5.84 Å². The van der Waals surface area contributed by atoms with Gasteiger partial charge in [-0.15, -0.1) is 0 Å². The fourth-order valence-corrected chi connectivity index (χ4v) is 2.44. The van der Waals surface area contributed by atoms with Crippen molar-refractivity contribution in [3.8, 4) is 0 Å². The fraction of sp³-hybridized carbons (Fsp3) is 0.200. The highest BCUT2D eigenvalue weighted by atomic mass is 35.5. The maximum atomic E-state index is 12.6. The van der Waals surface area contributed by atoms with Crippen LogP contribution in [0.5, 0.6) is 0 Å². The van der Waals surface area contributed by atoms with Gasteiger partial charge in [0.1, 0.15) is 0 Å². The van der Waals surface area contributed by atoms with Crippen molar-refractivity contribution in [1.29, 1.82) is 0 Å². The molecule has 0 aliphatic rings. The third-order valence-electron chi connectivity index (χ3n) is 3.20. The molecule has 3 N–H and O–H groups in total. The average molecular weight is 315 g/mol. The molecule has 112 valence electrons. The van der Waals surface area contributed by atoms with E-state index in [1.807, 2.05) is 13.0 Å². The summed E-state index contributed by atoms with van der Waals surface area (Å²) in [5, 5.41) is 0.512. The number of hydrogen-bond donors (Lipinski definition) is 2. The zero-order chi connectivity index (χ0) is 15.6. The van der Waals surface area contributed by atoms with E-state index in [2.05, 4.69) is 5.43 Å². The summed E-state index contributed by atoms with van der Waals surface area (Å²) < 4.78 is 37.7. The number of nitrogens with one attached hydrogen (secondary N) is 1. The Bertz CT molecular complexity index is 624. The summed E-state index contributed by atoms with van der Waals surface area (Å²) in [6.45, 7) is 1.90. The summed E-state index contributed by atoms with van der Waals surface area (Å²) in [7, 11) is 0. The average Bonchev–Trinajstić information content (AvgIpc) is 2.41. The Morgan fingerprint density at radius 1 is 1.10 bits per heavy atom. The van der Waals surface area contributed by atoms with Gasteiger partial charge in [-0.1, -0.05) is 35.9 Å². The predicted octanol–water partition coefficient (Wildman–Crippen LogP) is 4.22. The number of benzene rings is 2. The molecule has 0 heterocycles. The van der Waals surface area contributed by atoms with Crippen molar-refractivity contribution < 1.29 is 13.2 Å². The van der Waals surface area contributed by atoms with E-state index in [0.717, 1.165) is 17.7 Å². The monoisotopic (exact) mass is 314 g/mol. The van der Waals surface area contributed by atoms with Gasteiger partial charge in [0.15, 0.2) is 0 Å². The van der Waals surface area contributed by atoms with Crippen LogP contribution in [0.4, 0.5) is 13.2 Å². The number of hydrogen-bond acceptors (Lipinski definition) is 2. The molecule has 0 saturated heterocycles. The number of hydrazine groups is 1. The second-order valence-electron chi connectivity index (χ2n) is 4.74. The smallest absolute Gasteiger partial charge is 0.271 e. The zero-order valence-electron chi connectivity index (χ0n) is 11.2. The molecule has 21 heavy (non-hydrogen) atoms. The zero-order valence-corrected chi connectivity index (χ0v) is 12.0. The summed E-state index contributed by atoms with van der Waals surface area (Å²) in [4.78, 5) is 0. The van der Waals surface area contributed by atoms with Crippen LogP contribution in [0.25, 0.3) is 0 Å². The number of alkyl halides is 3. The molecular weight excluding hydrogens is 301 g/mol. The highest BCUT2D eigenvalue weighted by molar-refractivity contribution is 6.31. The molecule has 0 amide bonds. The molecule has 6 heteroatoms. The molecule has 2 rings (SSSR count). The third-order valence-corrected chi connectivity index (χ3v) is 3.53. The van der Waals surface area contributed by atoms with Crippen molar-refractivity contribution in [2.24, 2.45) is 5.84 Å². The summed E-state index contributed by atoms with van der Waals surface area (Å²) in [5.41, 5.74) is 4.20. The van der Waals surface area contributed by atoms with Gasteiger partial charge < -0.3 is 0 Å². The van der Waals surface area contributed by atoms with Gasteiger partial charge >= 0.3 is 6.18 Å². The van der Waals surface area contributed by atoms with Gasteiger partial charge in [0.2, 0.25) is 0 Å². The van der Waals surface area contributed by atoms with Crippen LogP contribution in [-0.4, -0.2) is 0 Å². The normalized spacial score (nSPS) is 13.2. The first-order valence-corrected chi connectivity index (χ1v) is 6.60. The second-order valence-corrected chi connectivity index (χ2v) is 5.15. The van der Waals surface area contributed by atoms with Gasteiger partial charge in [0.05, 0.1) is 11.6 Å². The van der Waals surface area contributed by atoms with Gasteiger partial charge in [-0.05, 0) is 41.8 Å². The lowest BCUT2D eigenvalue weighted by molar-refractivity contribution is -0.137. The third kappa shape index (κ3) is 3.56. The van der Waals surface area contributed by atoms with Crippen molar-refractivity contribution in [3.05, 3.63) is 69.7 Å². The van der Waals surface area contributed by atoms with Gasteiger partial charge in [0, 0.05) is 5.02 Å². The number of aryl methyl sites for hydroxylation is 1. The molecule has 0 aliphatic heterocycles. The Morgan fingerprint density at radius 2 is 1.71 bits per heavy atom. The van der Waals surface area contributed by atoms with Crippen LogP contribution in [0.2, 0.25) is 5.02 Å². The predicted molar refractivity (Wildman–Crippen MR) is 76.8 cm³/mol. The van der Waals surface area contributed by atoms with E-state index < -0.39 is 17.8 Å². The van der Waals surface area contributed by atoms with Gasteiger partial charge in [-0.2, -0.15) is 13.2 Å². The van der Waals surface area contributed by atoms with Gasteiger partial charge in [0.25, 0.3) is 0 Å². The Morgan fingerprint density at radius 3 is 2.19 bits per heavy atom. The fourth-order valence-electron chi connectivity index (χ4n) is 2.10. The molecule has 0 aromatic heterocycles. The molecule has 0 spiro atoms. The van der Waals surface area contributed by atoms with Crippen molar-refractivity contribution in [2.75, 3.05) is 0 Å². The van der Waals surface area contributed by atoms with Crippen molar-refractivity contribution in [1.82, 2.24) is 5.43 Å². The highest BCUT2D eigenvalue weighted by Gasteiger charge is 2.30. The molecular formula is C15H14ClF3N2. The molecule has 0 radical (unpaired) electrons. The quantitative estimate of drug-likeness (QED) is 0.657. The molecule has 0 fully saturated rings. The molecule has 0 aliphatic carbocycles. The molecule has 2 aromatic carbocycles. The highest BCUT2D eigenvalue weighted by Crippen LogP contribution is 2.32. The van der Waals surface area contributed by atoms with Crippen molar-refractivity contribution >= 4 is 11.6 Å². The lowest BCUT2D eigenvalue weighted by Crippen LogP contribution is -2.29. The minimum Gasteiger partial charge on any atom is -0.271 e. The Kier molecular flexibility index (Phi) is 4.56. The van der Waals surface area contributed by atoms with E-state index in [-0.39, 0.29) is 0 Å². The van der Waals surface area contributed by atoms with Gasteiger partial charge in [-0.25, -0.2) is 5.43 Å². The van der Waals surface area contributed by atoms with E-state index in [0.29, 0.717) is 16.1 Å². The molecule has 2 aromatic rings. The van der Waals surface area contributed by atoms with Crippen LogP contribution in [0.15, 0.2) is 42.5 Å². The standard InChI is InChI=1S/C15H14ClF3N2/c1-9-2-7-12(13(16)8-9)14(21-20)10-3-5-11(6-4-10)15(17,18)19/h2-8,14,21H,20H2,1H3. The van der Waals surface area contributed by atoms with E-state index in [1.165, 1.54) is 12.1 Å². The lowest BCUT2D eigenvalue weighted by atomic mass is 9.97. The Labute approximate surface area is 125 Å². The number of halogens is 4. The van der Waals surface area contributed by atoms with Crippen LogP contribution in [0, 0.1) is 6.92 Å².